The minimum atomic E-state index is 0.567. The molecule has 0 bridgehead atoms. The highest BCUT2D eigenvalue weighted by molar-refractivity contribution is 6.29. The van der Waals surface area contributed by atoms with Crippen LogP contribution in [0.5, 0.6) is 0 Å². The van der Waals surface area contributed by atoms with Crippen LogP contribution in [-0.4, -0.2) is 24.1 Å². The molecule has 3 aromatic heterocycles. The van der Waals surface area contributed by atoms with Gasteiger partial charge < -0.3 is 4.57 Å². The van der Waals surface area contributed by atoms with Crippen molar-refractivity contribution in [1.29, 1.82) is 0 Å². The van der Waals surface area contributed by atoms with E-state index < -0.39 is 0 Å². The van der Waals surface area contributed by atoms with Crippen LogP contribution in [0.25, 0.3) is 111 Å². The first-order valence-corrected chi connectivity index (χ1v) is 21.0. The monoisotopic (exact) mass is 791 g/mol. The molecule has 0 aliphatic carbocycles. The van der Waals surface area contributed by atoms with Crippen LogP contribution in [0.4, 0.5) is 0 Å². The Morgan fingerprint density at radius 3 is 1.31 bits per heavy atom. The van der Waals surface area contributed by atoms with Crippen LogP contribution in [-0.2, 0) is 0 Å². The van der Waals surface area contributed by atoms with Gasteiger partial charge in [-0.25, -0.2) is 4.98 Å². The topological polar surface area (TPSA) is 48.5 Å². The molecule has 0 fully saturated rings. The van der Waals surface area contributed by atoms with Gasteiger partial charge in [-0.3, -0.25) is 4.57 Å². The predicted molar refractivity (Wildman–Crippen MR) is 256 cm³/mol. The standard InChI is InChI=1S/C57H37N5/c1-5-18-38(19-6-1)39-32-34-43(35-33-39)56-58-55(42-24-11-4-12-25-42)59-57(60-56)62-48-30-16-14-27-46(48)54-51(62)37-36-50-53(54)45-26-13-15-29-47(45)61(50)49-31-17-28-44(40-20-7-2-8-21-40)52(49)41-22-9-3-10-23-41/h1-37H. The molecule has 0 aliphatic rings. The van der Waals surface area contributed by atoms with Crippen LogP contribution in [0.15, 0.2) is 224 Å². The number of hydrogen-bond donors (Lipinski definition) is 0. The lowest BCUT2D eigenvalue weighted by Crippen LogP contribution is -2.06. The van der Waals surface area contributed by atoms with Crippen LogP contribution in [0.1, 0.15) is 0 Å². The van der Waals surface area contributed by atoms with E-state index in [0.717, 1.165) is 55.2 Å². The average molecular weight is 792 g/mol. The normalized spacial score (nSPS) is 11.5. The predicted octanol–water partition coefficient (Wildman–Crippen LogP) is 14.4. The summed E-state index contributed by atoms with van der Waals surface area (Å²) in [4.78, 5) is 15.6. The van der Waals surface area contributed by atoms with Crippen molar-refractivity contribution in [2.75, 3.05) is 0 Å². The molecule has 0 saturated carbocycles. The molecule has 0 amide bonds. The fourth-order valence-corrected chi connectivity index (χ4v) is 9.24. The quantitative estimate of drug-likeness (QED) is 0.162. The largest absolute Gasteiger partial charge is 0.309 e. The number of aromatic nitrogens is 5. The maximum absolute atomic E-state index is 5.29. The second-order valence-electron chi connectivity index (χ2n) is 15.6. The Bertz CT molecular complexity index is 3590. The van der Waals surface area contributed by atoms with E-state index in [1.807, 2.05) is 24.3 Å². The lowest BCUT2D eigenvalue weighted by Gasteiger charge is -2.18. The summed E-state index contributed by atoms with van der Waals surface area (Å²) in [5.41, 5.74) is 14.3. The Hall–Kier alpha value is -8.41. The number of nitrogens with zero attached hydrogens (tertiary/aromatic N) is 5. The highest BCUT2D eigenvalue weighted by atomic mass is 15.2. The van der Waals surface area contributed by atoms with Crippen molar-refractivity contribution in [3.63, 3.8) is 0 Å². The summed E-state index contributed by atoms with van der Waals surface area (Å²) in [5.74, 6) is 1.80. The highest BCUT2D eigenvalue weighted by Crippen LogP contribution is 2.45. The van der Waals surface area contributed by atoms with Gasteiger partial charge in [-0.2, -0.15) is 9.97 Å². The van der Waals surface area contributed by atoms with Gasteiger partial charge in [-0.1, -0.05) is 194 Å². The fourth-order valence-electron chi connectivity index (χ4n) is 9.24. The Labute approximate surface area is 358 Å². The molecule has 290 valence electrons. The Morgan fingerprint density at radius 1 is 0.274 bits per heavy atom. The van der Waals surface area contributed by atoms with Gasteiger partial charge in [0.2, 0.25) is 5.95 Å². The van der Waals surface area contributed by atoms with Gasteiger partial charge in [0.15, 0.2) is 11.6 Å². The first kappa shape index (κ1) is 35.5. The third-order valence-electron chi connectivity index (χ3n) is 12.0. The van der Waals surface area contributed by atoms with E-state index in [1.165, 1.54) is 38.6 Å². The smallest absolute Gasteiger partial charge is 0.238 e. The summed E-state index contributed by atoms with van der Waals surface area (Å²) >= 11 is 0. The molecule has 0 spiro atoms. The average Bonchev–Trinajstić information content (AvgIpc) is 3.87. The molecule has 3 heterocycles. The third-order valence-corrected chi connectivity index (χ3v) is 12.0. The van der Waals surface area contributed by atoms with Crippen LogP contribution >= 0.6 is 0 Å². The van der Waals surface area contributed by atoms with Crippen molar-refractivity contribution >= 4 is 43.6 Å². The zero-order valence-electron chi connectivity index (χ0n) is 33.6. The maximum Gasteiger partial charge on any atom is 0.238 e. The number of benzene rings is 9. The lowest BCUT2D eigenvalue weighted by molar-refractivity contribution is 0.953. The molecule has 12 aromatic rings. The van der Waals surface area contributed by atoms with Gasteiger partial charge in [0.05, 0.1) is 27.8 Å². The van der Waals surface area contributed by atoms with E-state index in [-0.39, 0.29) is 0 Å². The third kappa shape index (κ3) is 5.82. The molecule has 0 saturated heterocycles. The molecule has 0 atom stereocenters. The van der Waals surface area contributed by atoms with E-state index in [1.54, 1.807) is 0 Å². The van der Waals surface area contributed by atoms with Crippen molar-refractivity contribution < 1.29 is 0 Å². The molecule has 0 radical (unpaired) electrons. The van der Waals surface area contributed by atoms with E-state index in [9.17, 15) is 0 Å². The molecule has 12 rings (SSSR count). The molecule has 0 aliphatic heterocycles. The Kier molecular flexibility index (Phi) is 8.42. The zero-order valence-corrected chi connectivity index (χ0v) is 33.6. The van der Waals surface area contributed by atoms with Crippen LogP contribution in [0, 0.1) is 0 Å². The second kappa shape index (κ2) is 14.7. The van der Waals surface area contributed by atoms with Crippen molar-refractivity contribution in [2.24, 2.45) is 0 Å². The first-order valence-electron chi connectivity index (χ1n) is 21.0. The zero-order chi connectivity index (χ0) is 41.0. The Balaban J connectivity index is 1.13. The molecule has 5 nitrogen and oxygen atoms in total. The summed E-state index contributed by atoms with van der Waals surface area (Å²) in [6.45, 7) is 0. The van der Waals surface area contributed by atoms with Crippen LogP contribution in [0.2, 0.25) is 0 Å². The number of para-hydroxylation sites is 2. The van der Waals surface area contributed by atoms with Crippen molar-refractivity contribution in [3.8, 4) is 67.8 Å². The molecule has 0 N–H and O–H groups in total. The van der Waals surface area contributed by atoms with E-state index in [2.05, 4.69) is 209 Å². The lowest BCUT2D eigenvalue weighted by atomic mass is 9.93. The van der Waals surface area contributed by atoms with Gasteiger partial charge in [-0.15, -0.1) is 0 Å². The number of hydrogen-bond acceptors (Lipinski definition) is 3. The highest BCUT2D eigenvalue weighted by Gasteiger charge is 2.24. The summed E-state index contributed by atoms with van der Waals surface area (Å²) in [5, 5.41) is 4.66. The molecule has 9 aromatic carbocycles. The second-order valence-corrected chi connectivity index (χ2v) is 15.6. The number of fused-ring (bicyclic) bond motifs is 7. The van der Waals surface area contributed by atoms with E-state index >= 15 is 0 Å². The van der Waals surface area contributed by atoms with Crippen LogP contribution in [0.3, 0.4) is 0 Å². The summed E-state index contributed by atoms with van der Waals surface area (Å²) < 4.78 is 4.68. The van der Waals surface area contributed by atoms with E-state index in [4.69, 9.17) is 15.0 Å². The fraction of sp³-hybridized carbons (Fsp3) is 0. The summed E-state index contributed by atoms with van der Waals surface area (Å²) in [7, 11) is 0. The Morgan fingerprint density at radius 2 is 0.710 bits per heavy atom. The number of rotatable bonds is 7. The molecule has 5 heteroatoms. The van der Waals surface area contributed by atoms with E-state index in [0.29, 0.717) is 17.6 Å². The van der Waals surface area contributed by atoms with Gasteiger partial charge in [0.25, 0.3) is 0 Å². The van der Waals surface area contributed by atoms with Gasteiger partial charge in [0.1, 0.15) is 0 Å². The van der Waals surface area contributed by atoms with Crippen molar-refractivity contribution in [2.45, 2.75) is 0 Å². The van der Waals surface area contributed by atoms with Crippen molar-refractivity contribution in [1.82, 2.24) is 24.1 Å². The minimum absolute atomic E-state index is 0.567. The van der Waals surface area contributed by atoms with Crippen molar-refractivity contribution in [3.05, 3.63) is 224 Å². The molecular weight excluding hydrogens is 755 g/mol. The van der Waals surface area contributed by atoms with Crippen LogP contribution < -0.4 is 0 Å². The summed E-state index contributed by atoms with van der Waals surface area (Å²) in [6.07, 6.45) is 0. The van der Waals surface area contributed by atoms with Gasteiger partial charge in [0, 0.05) is 38.2 Å². The maximum atomic E-state index is 5.29. The molecule has 0 unspecified atom stereocenters. The first-order chi connectivity index (χ1) is 30.8. The molecular formula is C57H37N5. The SMILES string of the molecule is c1ccc(-c2ccc(-c3nc(-c4ccccc4)nc(-n4c5ccccc5c5c6c7ccccc7n(-c7cccc(-c8ccccc8)c7-c7ccccc7)c6ccc54)n3)cc2)cc1. The minimum Gasteiger partial charge on any atom is -0.309 e. The van der Waals surface area contributed by atoms with Gasteiger partial charge in [-0.05, 0) is 58.1 Å². The summed E-state index contributed by atoms with van der Waals surface area (Å²) in [6, 6.07) is 79.2. The van der Waals surface area contributed by atoms with Gasteiger partial charge >= 0.3 is 0 Å². The molecule has 62 heavy (non-hydrogen) atoms.